The van der Waals surface area contributed by atoms with Crippen LogP contribution in [0.3, 0.4) is 0 Å². The molecule has 3 aliphatic carbocycles. The fraction of sp³-hybridized carbons (Fsp3) is 0.658. The van der Waals surface area contributed by atoms with E-state index in [1.807, 2.05) is 0 Å². The summed E-state index contributed by atoms with van der Waals surface area (Å²) >= 11 is 0. The second kappa shape index (κ2) is 14.3. The molecule has 4 aliphatic rings. The molecule has 54 heavy (non-hydrogen) atoms. The van der Waals surface area contributed by atoms with E-state index in [1.54, 1.807) is 51.1 Å². The van der Waals surface area contributed by atoms with Gasteiger partial charge in [0.25, 0.3) is 0 Å². The lowest BCUT2D eigenvalue weighted by atomic mass is 9.44. The van der Waals surface area contributed by atoms with Crippen LogP contribution in [0.2, 0.25) is 0 Å². The van der Waals surface area contributed by atoms with Crippen LogP contribution < -0.4 is 11.1 Å². The number of ketones is 1. The van der Waals surface area contributed by atoms with Crippen molar-refractivity contribution in [1.29, 1.82) is 0 Å². The molecule has 1 heterocycles. The largest absolute Gasteiger partial charge is 0.458 e. The van der Waals surface area contributed by atoms with Crippen molar-refractivity contribution < 1.29 is 68.1 Å². The molecule has 0 aromatic heterocycles. The summed E-state index contributed by atoms with van der Waals surface area (Å²) in [5.74, 6) is -5.47. The van der Waals surface area contributed by atoms with Crippen molar-refractivity contribution in [2.45, 2.75) is 128 Å². The second-order valence-corrected chi connectivity index (χ2v) is 16.5. The minimum Gasteiger partial charge on any atom is -0.458 e. The molecule has 0 spiro atoms. The van der Waals surface area contributed by atoms with Gasteiger partial charge < -0.3 is 55.2 Å². The molecule has 3 fully saturated rings. The average Bonchev–Trinajstić information content (AvgIpc) is 3.07. The molecular formula is C38H52N2O14. The molecule has 298 valence electrons. The molecule has 2 unspecified atom stereocenters. The van der Waals surface area contributed by atoms with Gasteiger partial charge >= 0.3 is 24.0 Å². The van der Waals surface area contributed by atoms with Crippen molar-refractivity contribution in [2.75, 3.05) is 13.2 Å². The summed E-state index contributed by atoms with van der Waals surface area (Å²) in [6.45, 7) is 11.0. The van der Waals surface area contributed by atoms with E-state index in [-0.39, 0.29) is 24.2 Å². The molecule has 16 nitrogen and oxygen atoms in total. The van der Waals surface area contributed by atoms with Crippen molar-refractivity contribution in [2.24, 2.45) is 22.5 Å². The van der Waals surface area contributed by atoms with Gasteiger partial charge in [0.2, 0.25) is 0 Å². The summed E-state index contributed by atoms with van der Waals surface area (Å²) in [4.78, 5) is 67.3. The summed E-state index contributed by atoms with van der Waals surface area (Å²) < 4.78 is 28.8. The van der Waals surface area contributed by atoms with E-state index < -0.39 is 119 Å². The van der Waals surface area contributed by atoms with Gasteiger partial charge in [0, 0.05) is 25.2 Å². The number of ether oxygens (including phenoxy) is 5. The molecule has 2 bridgehead atoms. The van der Waals surface area contributed by atoms with Crippen LogP contribution in [0, 0.1) is 16.7 Å². The first-order chi connectivity index (χ1) is 25.0. The molecule has 0 radical (unpaired) electrons. The number of esters is 3. The first kappa shape index (κ1) is 41.2. The van der Waals surface area contributed by atoms with Crippen LogP contribution in [-0.2, 0) is 42.9 Å². The minimum atomic E-state index is -2.34. The van der Waals surface area contributed by atoms with Crippen LogP contribution in [0.5, 0.6) is 0 Å². The number of benzene rings is 1. The number of fused-ring (bicyclic) bond motifs is 5. The van der Waals surface area contributed by atoms with E-state index in [0.29, 0.717) is 5.56 Å². The van der Waals surface area contributed by atoms with Crippen molar-refractivity contribution >= 4 is 29.8 Å². The lowest BCUT2D eigenvalue weighted by Crippen LogP contribution is -2.81. The molecule has 1 aromatic rings. The Morgan fingerprint density at radius 2 is 1.70 bits per heavy atom. The van der Waals surface area contributed by atoms with Gasteiger partial charge in [-0.3, -0.25) is 14.4 Å². The Labute approximate surface area is 313 Å². The molecule has 1 saturated heterocycles. The second-order valence-electron chi connectivity index (χ2n) is 16.5. The van der Waals surface area contributed by atoms with Crippen LogP contribution in [0.15, 0.2) is 41.5 Å². The quantitative estimate of drug-likeness (QED) is 0.122. The number of hydrogen-bond donors (Lipinski definition) is 6. The number of amides is 1. The van der Waals surface area contributed by atoms with Gasteiger partial charge in [-0.2, -0.15) is 0 Å². The minimum absolute atomic E-state index is 0.0748. The first-order valence-electron chi connectivity index (χ1n) is 17.9. The average molecular weight is 761 g/mol. The molecule has 1 amide bonds. The molecule has 11 atom stereocenters. The highest BCUT2D eigenvalue weighted by Gasteiger charge is 2.78. The van der Waals surface area contributed by atoms with Crippen molar-refractivity contribution in [3.8, 4) is 0 Å². The lowest BCUT2D eigenvalue weighted by Gasteiger charge is -2.67. The Balaban J connectivity index is 1.63. The first-order valence-corrected chi connectivity index (χ1v) is 17.9. The summed E-state index contributed by atoms with van der Waals surface area (Å²) in [6, 6.07) is 6.73. The monoisotopic (exact) mass is 760 g/mol. The highest BCUT2D eigenvalue weighted by molar-refractivity contribution is 5.93. The van der Waals surface area contributed by atoms with Crippen molar-refractivity contribution in [3.63, 3.8) is 0 Å². The summed E-state index contributed by atoms with van der Waals surface area (Å²) in [5, 5.41) is 50.8. The highest BCUT2D eigenvalue weighted by atomic mass is 16.6. The van der Waals surface area contributed by atoms with Crippen LogP contribution >= 0.6 is 0 Å². The number of Topliss-reactive ketones (excluding diaryl/α,β-unsaturated/α-hetero) is 1. The predicted molar refractivity (Wildman–Crippen MR) is 187 cm³/mol. The summed E-state index contributed by atoms with van der Waals surface area (Å²) in [5.41, 5.74) is -2.50. The number of carbonyl (C=O) groups is 5. The predicted octanol–water partition coefficient (Wildman–Crippen LogP) is 0.905. The molecule has 16 heteroatoms. The maximum Gasteiger partial charge on any atom is 0.408 e. The zero-order valence-corrected chi connectivity index (χ0v) is 31.8. The van der Waals surface area contributed by atoms with E-state index in [9.17, 15) is 44.4 Å². The molecule has 2 saturated carbocycles. The number of carbonyl (C=O) groups excluding carboxylic acids is 5. The maximum absolute atomic E-state index is 14.7. The maximum atomic E-state index is 14.7. The molecule has 1 aliphatic heterocycles. The Bertz CT molecular complexity index is 1710. The van der Waals surface area contributed by atoms with Crippen LogP contribution in [0.25, 0.3) is 0 Å². The number of aliphatic hydroxyl groups excluding tert-OH is 3. The van der Waals surface area contributed by atoms with Gasteiger partial charge in [-0.25, -0.2) is 9.59 Å². The van der Waals surface area contributed by atoms with Gasteiger partial charge in [-0.05, 0) is 51.3 Å². The van der Waals surface area contributed by atoms with Gasteiger partial charge in [0.1, 0.15) is 35.6 Å². The Morgan fingerprint density at radius 1 is 1.07 bits per heavy atom. The van der Waals surface area contributed by atoms with Crippen LogP contribution in [-0.4, -0.2) is 117 Å². The Hall–Kier alpha value is -3.93. The van der Waals surface area contributed by atoms with Gasteiger partial charge in [-0.15, -0.1) is 0 Å². The van der Waals surface area contributed by atoms with Gasteiger partial charge in [0.05, 0.1) is 36.6 Å². The summed E-state index contributed by atoms with van der Waals surface area (Å²) in [7, 11) is 0. The number of aliphatic hydroxyl groups is 4. The molecule has 5 rings (SSSR count). The molecule has 7 N–H and O–H groups in total. The zero-order chi connectivity index (χ0) is 40.3. The number of nitrogens with one attached hydrogen (secondary N) is 1. The number of hydrogen-bond acceptors (Lipinski definition) is 15. The number of alkyl carbamates (subject to hydrolysis) is 1. The third-order valence-corrected chi connectivity index (χ3v) is 11.7. The third kappa shape index (κ3) is 6.70. The normalized spacial score (nSPS) is 35.4. The standard InChI is InChI=1S/C38H52N2O14/c1-18-21(51-32(47)28(45)26(20-12-10-9-11-13-20)40-33(48)54-34(3,4)5)15-38(49)31(52-24(43)16-39)29-36(8,30(46)27(44)25(18)35(38,6)7)22(42)14-23-37(29,17-50-23)53-19(2)41/h9-13,21-23,26-29,31,42,44-45,49H,14-17,39H2,1-8H3,(H,40,48)/t21-,22-,23?,26-,27+,28+,29?,31-,36+,37-,38+/m0/s1. The van der Waals surface area contributed by atoms with Crippen molar-refractivity contribution in [3.05, 3.63) is 47.0 Å². The van der Waals surface area contributed by atoms with E-state index >= 15 is 0 Å². The van der Waals surface area contributed by atoms with Crippen molar-refractivity contribution in [1.82, 2.24) is 5.32 Å². The summed E-state index contributed by atoms with van der Waals surface area (Å²) in [6.07, 6.45) is -11.5. The highest BCUT2D eigenvalue weighted by Crippen LogP contribution is 2.64. The number of rotatable bonds is 8. The molecule has 1 aromatic carbocycles. The third-order valence-electron chi connectivity index (χ3n) is 11.7. The molecular weight excluding hydrogens is 708 g/mol. The van der Waals surface area contributed by atoms with E-state index in [1.165, 1.54) is 27.7 Å². The fourth-order valence-electron chi connectivity index (χ4n) is 8.99. The van der Waals surface area contributed by atoms with Crippen LogP contribution in [0.4, 0.5) is 4.79 Å². The SMILES string of the molecule is CC(=O)O[C@@]12COC1C[C@H](O)[C@@]1(C)C(=O)[C@H](O)C3=C(C)[C@@H](OC(=O)[C@H](O)[C@@H](NC(=O)OC(C)(C)C)c4ccccc4)C[C@@](O)([C@@H](OC(=O)CN)C21)C3(C)C. The number of nitrogens with two attached hydrogens (primary N) is 1. The topological polar surface area (TPSA) is 250 Å². The Morgan fingerprint density at radius 3 is 2.24 bits per heavy atom. The Kier molecular flexibility index (Phi) is 10.9. The fourth-order valence-corrected chi connectivity index (χ4v) is 8.99. The smallest absolute Gasteiger partial charge is 0.408 e. The van der Waals surface area contributed by atoms with E-state index in [4.69, 9.17) is 29.4 Å². The van der Waals surface area contributed by atoms with Gasteiger partial charge in [0.15, 0.2) is 17.5 Å². The van der Waals surface area contributed by atoms with E-state index in [0.717, 1.165) is 6.92 Å². The zero-order valence-electron chi connectivity index (χ0n) is 31.8. The van der Waals surface area contributed by atoms with E-state index in [2.05, 4.69) is 5.32 Å². The van der Waals surface area contributed by atoms with Crippen LogP contribution in [0.1, 0.15) is 79.8 Å². The van der Waals surface area contributed by atoms with Gasteiger partial charge in [-0.1, -0.05) is 44.2 Å². The lowest BCUT2D eigenvalue weighted by molar-refractivity contribution is -0.347.